The van der Waals surface area contributed by atoms with Crippen LogP contribution in [-0.4, -0.2) is 26.6 Å². The molecule has 3 rings (SSSR count). The van der Waals surface area contributed by atoms with Gasteiger partial charge in [0.25, 0.3) is 0 Å². The Kier molecular flexibility index (Phi) is 5.40. The van der Waals surface area contributed by atoms with Gasteiger partial charge in [-0.25, -0.2) is 15.0 Å². The van der Waals surface area contributed by atoms with Crippen molar-refractivity contribution >= 4 is 28.8 Å². The van der Waals surface area contributed by atoms with E-state index in [2.05, 4.69) is 20.3 Å². The second-order valence-corrected chi connectivity index (χ2v) is 6.58. The van der Waals surface area contributed by atoms with Crippen molar-refractivity contribution in [1.29, 1.82) is 0 Å². The fraction of sp³-hybridized carbons (Fsp3) is 0.188. The molecule has 1 aromatic carbocycles. The molecule has 5 nitrogen and oxygen atoms in total. The normalized spacial score (nSPS) is 12.8. The molecular weight excluding hydrogens is 389 g/mol. The molecule has 2 heterocycles. The van der Waals surface area contributed by atoms with Crippen LogP contribution < -0.4 is 5.32 Å². The second-order valence-electron chi connectivity index (χ2n) is 5.25. The summed E-state index contributed by atoms with van der Waals surface area (Å²) in [6.45, 7) is 0.178. The fourth-order valence-corrected chi connectivity index (χ4v) is 3.11. The molecule has 0 bridgehead atoms. The second kappa shape index (κ2) is 7.56. The van der Waals surface area contributed by atoms with Crippen LogP contribution in [0.5, 0.6) is 0 Å². The van der Waals surface area contributed by atoms with Crippen molar-refractivity contribution in [3.8, 4) is 11.3 Å². The van der Waals surface area contributed by atoms with Gasteiger partial charge in [-0.2, -0.15) is 13.2 Å². The smallest absolute Gasteiger partial charge is 0.384 e. The van der Waals surface area contributed by atoms with Gasteiger partial charge in [0.1, 0.15) is 23.3 Å². The molecule has 2 N–H and O–H groups in total. The zero-order valence-electron chi connectivity index (χ0n) is 13.0. The highest BCUT2D eigenvalue weighted by Crippen LogP contribution is 2.36. The number of rotatable bonds is 5. The van der Waals surface area contributed by atoms with Crippen LogP contribution in [0.25, 0.3) is 11.3 Å². The molecule has 26 heavy (non-hydrogen) atoms. The van der Waals surface area contributed by atoms with E-state index in [1.165, 1.54) is 29.8 Å². The molecule has 0 saturated carbocycles. The number of aliphatic hydroxyl groups excluding tert-OH is 1. The summed E-state index contributed by atoms with van der Waals surface area (Å²) in [5.74, 6) is 0.418. The molecule has 1 atom stereocenters. The molecule has 0 saturated heterocycles. The number of hydrogen-bond donors (Lipinski definition) is 2. The average molecular weight is 401 g/mol. The van der Waals surface area contributed by atoms with Gasteiger partial charge in [-0.15, -0.1) is 11.3 Å². The third-order valence-electron chi connectivity index (χ3n) is 3.45. The van der Waals surface area contributed by atoms with Gasteiger partial charge < -0.3 is 10.4 Å². The molecule has 0 amide bonds. The number of anilines is 1. The Morgan fingerprint density at radius 1 is 1.19 bits per heavy atom. The Balaban J connectivity index is 1.76. The van der Waals surface area contributed by atoms with Crippen LogP contribution in [0.3, 0.4) is 0 Å². The number of benzene rings is 1. The molecule has 0 aliphatic rings. The first-order chi connectivity index (χ1) is 12.3. The molecular formula is C16H12ClF3N4OS. The molecule has 136 valence electrons. The summed E-state index contributed by atoms with van der Waals surface area (Å²) in [6.07, 6.45) is -2.44. The molecule has 10 heteroatoms. The maximum Gasteiger partial charge on any atom is 0.417 e. The van der Waals surface area contributed by atoms with Gasteiger partial charge in [-0.05, 0) is 12.1 Å². The van der Waals surface area contributed by atoms with Crippen molar-refractivity contribution < 1.29 is 18.3 Å². The van der Waals surface area contributed by atoms with Crippen LogP contribution in [0.15, 0.2) is 42.2 Å². The lowest BCUT2D eigenvalue weighted by molar-refractivity contribution is -0.137. The number of nitrogens with zero attached hydrogens (tertiary/aromatic N) is 3. The van der Waals surface area contributed by atoms with E-state index in [-0.39, 0.29) is 6.54 Å². The van der Waals surface area contributed by atoms with E-state index in [4.69, 9.17) is 11.6 Å². The van der Waals surface area contributed by atoms with E-state index >= 15 is 0 Å². The van der Waals surface area contributed by atoms with Crippen molar-refractivity contribution in [1.82, 2.24) is 15.0 Å². The summed E-state index contributed by atoms with van der Waals surface area (Å²) in [4.78, 5) is 12.1. The maximum atomic E-state index is 12.8. The van der Waals surface area contributed by atoms with Crippen LogP contribution in [0, 0.1) is 0 Å². The molecule has 0 spiro atoms. The summed E-state index contributed by atoms with van der Waals surface area (Å²) in [7, 11) is 0. The van der Waals surface area contributed by atoms with Gasteiger partial charge in [0.2, 0.25) is 0 Å². The van der Waals surface area contributed by atoms with Crippen LogP contribution in [0.1, 0.15) is 16.7 Å². The van der Waals surface area contributed by atoms with E-state index in [0.717, 1.165) is 6.07 Å². The minimum Gasteiger partial charge on any atom is -0.384 e. The van der Waals surface area contributed by atoms with E-state index in [0.29, 0.717) is 22.1 Å². The Labute approximate surface area is 155 Å². The third-order valence-corrected chi connectivity index (χ3v) is 4.64. The summed E-state index contributed by atoms with van der Waals surface area (Å²) in [6, 6.07) is 4.98. The molecule has 3 aromatic rings. The van der Waals surface area contributed by atoms with Crippen LogP contribution in [-0.2, 0) is 6.18 Å². The van der Waals surface area contributed by atoms with Crippen molar-refractivity contribution in [2.75, 3.05) is 11.9 Å². The van der Waals surface area contributed by atoms with Gasteiger partial charge in [-0.3, -0.25) is 0 Å². The highest BCUT2D eigenvalue weighted by Gasteiger charge is 2.33. The summed E-state index contributed by atoms with van der Waals surface area (Å²) < 4.78 is 38.4. The van der Waals surface area contributed by atoms with Gasteiger partial charge in [0.15, 0.2) is 0 Å². The maximum absolute atomic E-state index is 12.8. The van der Waals surface area contributed by atoms with E-state index in [1.54, 1.807) is 17.6 Å². The predicted octanol–water partition coefficient (Wildman–Crippen LogP) is 4.42. The van der Waals surface area contributed by atoms with E-state index < -0.39 is 22.9 Å². The Morgan fingerprint density at radius 3 is 2.65 bits per heavy atom. The zero-order chi connectivity index (χ0) is 18.7. The topological polar surface area (TPSA) is 70.9 Å². The number of aromatic nitrogens is 3. The first kappa shape index (κ1) is 18.6. The molecule has 2 aromatic heterocycles. The quantitative estimate of drug-likeness (QED) is 0.663. The summed E-state index contributed by atoms with van der Waals surface area (Å²) in [5, 5.41) is 14.9. The fourth-order valence-electron chi connectivity index (χ4n) is 2.20. The van der Waals surface area contributed by atoms with E-state index in [9.17, 15) is 18.3 Å². The average Bonchev–Trinajstić information content (AvgIpc) is 3.13. The number of halogens is 4. The van der Waals surface area contributed by atoms with Gasteiger partial charge >= 0.3 is 6.18 Å². The molecule has 0 aliphatic heterocycles. The van der Waals surface area contributed by atoms with Crippen molar-refractivity contribution in [2.45, 2.75) is 12.3 Å². The lowest BCUT2D eigenvalue weighted by Crippen LogP contribution is -2.12. The Hall–Kier alpha value is -2.23. The van der Waals surface area contributed by atoms with Crippen LogP contribution >= 0.6 is 22.9 Å². The number of aliphatic hydroxyl groups is 1. The summed E-state index contributed by atoms with van der Waals surface area (Å²) >= 11 is 7.08. The first-order valence-electron chi connectivity index (χ1n) is 7.35. The largest absolute Gasteiger partial charge is 0.417 e. The minimum atomic E-state index is -4.51. The SMILES string of the molecule is OC(CNc1cc(-c2ccc(C(F)(F)F)c(Cl)c2)ncn1)c1nccs1. The van der Waals surface area contributed by atoms with Gasteiger partial charge in [0.05, 0.1) is 16.3 Å². The van der Waals surface area contributed by atoms with E-state index in [1.807, 2.05) is 0 Å². The van der Waals surface area contributed by atoms with Crippen LogP contribution in [0.2, 0.25) is 5.02 Å². The van der Waals surface area contributed by atoms with Crippen molar-refractivity contribution in [3.05, 3.63) is 57.8 Å². The molecule has 0 fully saturated rings. The molecule has 1 unspecified atom stereocenters. The number of nitrogens with one attached hydrogen (secondary N) is 1. The highest BCUT2D eigenvalue weighted by atomic mass is 35.5. The van der Waals surface area contributed by atoms with Crippen molar-refractivity contribution in [3.63, 3.8) is 0 Å². The van der Waals surface area contributed by atoms with Crippen LogP contribution in [0.4, 0.5) is 19.0 Å². The lowest BCUT2D eigenvalue weighted by atomic mass is 10.1. The van der Waals surface area contributed by atoms with Gasteiger partial charge in [-0.1, -0.05) is 17.7 Å². The van der Waals surface area contributed by atoms with Gasteiger partial charge in [0, 0.05) is 29.8 Å². The third kappa shape index (κ3) is 4.29. The summed E-state index contributed by atoms with van der Waals surface area (Å²) in [5.41, 5.74) is -0.0716. The number of thiazole rings is 1. The number of hydrogen-bond acceptors (Lipinski definition) is 6. The monoisotopic (exact) mass is 400 g/mol. The molecule has 0 radical (unpaired) electrons. The lowest BCUT2D eigenvalue weighted by Gasteiger charge is -2.12. The predicted molar refractivity (Wildman–Crippen MR) is 93.0 cm³/mol. The number of alkyl halides is 3. The Bertz CT molecular complexity index is 889. The highest BCUT2D eigenvalue weighted by molar-refractivity contribution is 7.09. The first-order valence-corrected chi connectivity index (χ1v) is 8.61. The standard InChI is InChI=1S/C16H12ClF3N4OS/c17-11-5-9(1-2-10(11)16(18,19)20)12-6-14(24-8-23-12)22-7-13(25)15-21-3-4-26-15/h1-6,8,13,25H,7H2,(H,22,23,24). The van der Waals surface area contributed by atoms with Crippen molar-refractivity contribution in [2.24, 2.45) is 0 Å². The Morgan fingerprint density at radius 2 is 2.00 bits per heavy atom. The minimum absolute atomic E-state index is 0.178. The molecule has 0 aliphatic carbocycles. The zero-order valence-corrected chi connectivity index (χ0v) is 14.6.